The first-order valence-corrected chi connectivity index (χ1v) is 4.03. The molecule has 0 aromatic rings. The average molecular weight is 202 g/mol. The van der Waals surface area contributed by atoms with Crippen LogP contribution in [0, 0.1) is 0 Å². The van der Waals surface area contributed by atoms with E-state index in [1.54, 1.807) is 23.4 Å². The van der Waals surface area contributed by atoms with Crippen molar-refractivity contribution in [1.82, 2.24) is 16.0 Å². The highest BCUT2D eigenvalue weighted by Crippen LogP contribution is 2.23. The molecule has 0 amide bonds. The first-order chi connectivity index (χ1) is 6.18. The van der Waals surface area contributed by atoms with Crippen LogP contribution in [0.15, 0.2) is 34.8 Å². The summed E-state index contributed by atoms with van der Waals surface area (Å²) >= 11 is 5.75. The van der Waals surface area contributed by atoms with Crippen LogP contribution in [0.25, 0.3) is 0 Å². The second-order valence-corrected chi connectivity index (χ2v) is 3.06. The van der Waals surface area contributed by atoms with Gasteiger partial charge in [0.2, 0.25) is 0 Å². The van der Waals surface area contributed by atoms with E-state index in [0.29, 0.717) is 10.7 Å². The molecule has 0 saturated carbocycles. The highest BCUT2D eigenvalue weighted by Gasteiger charge is 2.24. The molecule has 0 unspecified atom stereocenters. The molecule has 6 heteroatoms. The third-order valence-corrected chi connectivity index (χ3v) is 2.00. The molecule has 0 aromatic carbocycles. The van der Waals surface area contributed by atoms with Crippen LogP contribution in [0.3, 0.4) is 0 Å². The molecular formula is C7H8ClN3O2. The molecule has 2 rings (SSSR count). The SMILES string of the molecule is OC(O)C1=C2C=C(Cl)C=CN2NN1. The number of aliphatic hydroxyl groups excluding tert-OH is 1. The maximum atomic E-state index is 8.95. The van der Waals surface area contributed by atoms with Crippen LogP contribution in [-0.2, 0) is 0 Å². The first kappa shape index (κ1) is 8.58. The number of allylic oxidation sites excluding steroid dienone is 3. The minimum Gasteiger partial charge on any atom is -0.363 e. The minimum absolute atomic E-state index is 0.280. The molecule has 2 aliphatic heterocycles. The molecule has 0 aliphatic carbocycles. The normalized spacial score (nSPS) is 20.6. The number of nitrogens with one attached hydrogen (secondary N) is 2. The van der Waals surface area contributed by atoms with Crippen molar-refractivity contribution in [3.63, 3.8) is 0 Å². The van der Waals surface area contributed by atoms with Crippen LogP contribution in [0.5, 0.6) is 0 Å². The summed E-state index contributed by atoms with van der Waals surface area (Å²) < 4.78 is 0. The Labute approximate surface area is 79.5 Å². The summed E-state index contributed by atoms with van der Waals surface area (Å²) in [6.45, 7) is 0. The van der Waals surface area contributed by atoms with Gasteiger partial charge in [-0.15, -0.1) is 5.53 Å². The quantitative estimate of drug-likeness (QED) is 0.430. The zero-order valence-corrected chi connectivity index (χ0v) is 7.28. The number of aliphatic hydroxyl groups is 2. The summed E-state index contributed by atoms with van der Waals surface area (Å²) in [5.74, 6) is 0. The van der Waals surface area contributed by atoms with Crippen molar-refractivity contribution in [3.05, 3.63) is 34.8 Å². The van der Waals surface area contributed by atoms with E-state index in [-0.39, 0.29) is 5.70 Å². The lowest BCUT2D eigenvalue weighted by atomic mass is 10.2. The summed E-state index contributed by atoms with van der Waals surface area (Å²) in [5, 5.41) is 20.0. The van der Waals surface area contributed by atoms with Crippen LogP contribution in [0.1, 0.15) is 0 Å². The van der Waals surface area contributed by atoms with Gasteiger partial charge in [-0.3, -0.25) is 5.01 Å². The molecule has 2 aliphatic rings. The van der Waals surface area contributed by atoms with E-state index in [9.17, 15) is 0 Å². The number of hydrazine groups is 2. The van der Waals surface area contributed by atoms with E-state index >= 15 is 0 Å². The number of rotatable bonds is 1. The van der Waals surface area contributed by atoms with E-state index in [2.05, 4.69) is 11.0 Å². The van der Waals surface area contributed by atoms with E-state index < -0.39 is 6.29 Å². The van der Waals surface area contributed by atoms with E-state index in [1.165, 1.54) is 0 Å². The number of hydrogen-bond acceptors (Lipinski definition) is 5. The van der Waals surface area contributed by atoms with Gasteiger partial charge in [0.1, 0.15) is 5.70 Å². The topological polar surface area (TPSA) is 67.8 Å². The van der Waals surface area contributed by atoms with Gasteiger partial charge in [-0.05, 0) is 12.2 Å². The van der Waals surface area contributed by atoms with Gasteiger partial charge in [0.05, 0.1) is 5.70 Å². The molecule has 0 fully saturated rings. The van der Waals surface area contributed by atoms with Crippen molar-refractivity contribution in [1.29, 1.82) is 0 Å². The van der Waals surface area contributed by atoms with Crippen molar-refractivity contribution in [3.8, 4) is 0 Å². The van der Waals surface area contributed by atoms with Gasteiger partial charge in [0.25, 0.3) is 0 Å². The van der Waals surface area contributed by atoms with Gasteiger partial charge < -0.3 is 15.6 Å². The Kier molecular flexibility index (Phi) is 2.01. The Bertz CT molecular complexity index is 322. The minimum atomic E-state index is -1.54. The van der Waals surface area contributed by atoms with Gasteiger partial charge >= 0.3 is 0 Å². The fourth-order valence-electron chi connectivity index (χ4n) is 1.16. The Hall–Kier alpha value is -1.01. The van der Waals surface area contributed by atoms with E-state index in [4.69, 9.17) is 21.8 Å². The maximum Gasteiger partial charge on any atom is 0.197 e. The molecule has 0 saturated heterocycles. The number of fused-ring (bicyclic) bond motifs is 1. The highest BCUT2D eigenvalue weighted by atomic mass is 35.5. The second kappa shape index (κ2) is 3.04. The molecule has 13 heavy (non-hydrogen) atoms. The predicted molar refractivity (Wildman–Crippen MR) is 46.4 cm³/mol. The predicted octanol–water partition coefficient (Wildman–Crippen LogP) is -0.517. The van der Waals surface area contributed by atoms with Gasteiger partial charge in [-0.25, -0.2) is 0 Å². The standard InChI is InChI=1S/C7H8ClN3O2/c8-4-1-2-11-5(3-4)6(7(12)13)9-10-11/h1-3,7,9-10,12-13H. The lowest BCUT2D eigenvalue weighted by Crippen LogP contribution is -2.35. The summed E-state index contributed by atoms with van der Waals surface area (Å²) in [5.41, 5.74) is 6.21. The highest BCUT2D eigenvalue weighted by molar-refractivity contribution is 6.31. The fraction of sp³-hybridized carbons (Fsp3) is 0.143. The van der Waals surface area contributed by atoms with Gasteiger partial charge in [0, 0.05) is 11.2 Å². The fourth-order valence-corrected chi connectivity index (χ4v) is 1.32. The summed E-state index contributed by atoms with van der Waals surface area (Å²) in [4.78, 5) is 0. The Morgan fingerprint density at radius 2 is 2.23 bits per heavy atom. The van der Waals surface area contributed by atoms with Crippen LogP contribution < -0.4 is 11.0 Å². The van der Waals surface area contributed by atoms with Crippen molar-refractivity contribution < 1.29 is 10.2 Å². The maximum absolute atomic E-state index is 8.95. The molecule has 0 bridgehead atoms. The number of nitrogens with zero attached hydrogens (tertiary/aromatic N) is 1. The number of hydrogen-bond donors (Lipinski definition) is 4. The lowest BCUT2D eigenvalue weighted by molar-refractivity contribution is -0.0131. The second-order valence-electron chi connectivity index (χ2n) is 2.62. The molecule has 5 nitrogen and oxygen atoms in total. The molecule has 70 valence electrons. The van der Waals surface area contributed by atoms with Crippen LogP contribution in [-0.4, -0.2) is 21.5 Å². The van der Waals surface area contributed by atoms with E-state index in [1.807, 2.05) is 0 Å². The zero-order valence-electron chi connectivity index (χ0n) is 6.53. The molecule has 0 spiro atoms. The van der Waals surface area contributed by atoms with Crippen molar-refractivity contribution in [2.75, 3.05) is 0 Å². The Morgan fingerprint density at radius 3 is 2.92 bits per heavy atom. The zero-order chi connectivity index (χ0) is 9.42. The molecule has 0 radical (unpaired) electrons. The largest absolute Gasteiger partial charge is 0.363 e. The molecular weight excluding hydrogens is 194 g/mol. The summed E-state index contributed by atoms with van der Waals surface area (Å²) in [6.07, 6.45) is 3.45. The molecule has 4 N–H and O–H groups in total. The van der Waals surface area contributed by atoms with Crippen molar-refractivity contribution >= 4 is 11.6 Å². The molecule has 0 aromatic heterocycles. The van der Waals surface area contributed by atoms with Gasteiger partial charge in [-0.1, -0.05) is 11.6 Å². The lowest BCUT2D eigenvalue weighted by Gasteiger charge is -2.16. The first-order valence-electron chi connectivity index (χ1n) is 3.65. The Balaban J connectivity index is 2.38. The number of halogens is 1. The summed E-state index contributed by atoms with van der Waals surface area (Å²) in [6, 6.07) is 0. The molecule has 2 heterocycles. The smallest absolute Gasteiger partial charge is 0.197 e. The monoisotopic (exact) mass is 201 g/mol. The van der Waals surface area contributed by atoms with Crippen molar-refractivity contribution in [2.24, 2.45) is 0 Å². The van der Waals surface area contributed by atoms with Crippen LogP contribution >= 0.6 is 11.6 Å². The summed E-state index contributed by atoms with van der Waals surface area (Å²) in [7, 11) is 0. The Morgan fingerprint density at radius 1 is 1.46 bits per heavy atom. The van der Waals surface area contributed by atoms with Gasteiger partial charge in [-0.2, -0.15) is 0 Å². The van der Waals surface area contributed by atoms with Crippen LogP contribution in [0.2, 0.25) is 0 Å². The third kappa shape index (κ3) is 1.42. The van der Waals surface area contributed by atoms with Crippen molar-refractivity contribution in [2.45, 2.75) is 6.29 Å². The average Bonchev–Trinajstić information content (AvgIpc) is 2.46. The van der Waals surface area contributed by atoms with Gasteiger partial charge in [0.15, 0.2) is 6.29 Å². The van der Waals surface area contributed by atoms with Crippen LogP contribution in [0.4, 0.5) is 0 Å². The third-order valence-electron chi connectivity index (χ3n) is 1.76. The van der Waals surface area contributed by atoms with E-state index in [0.717, 1.165) is 0 Å². The molecule has 0 atom stereocenters.